The van der Waals surface area contributed by atoms with Gasteiger partial charge in [0.2, 0.25) is 0 Å². The van der Waals surface area contributed by atoms with Crippen LogP contribution in [0.4, 0.5) is 0 Å². The molecule has 0 spiro atoms. The first kappa shape index (κ1) is 21.8. The third kappa shape index (κ3) is 6.87. The summed E-state index contributed by atoms with van der Waals surface area (Å²) < 4.78 is 5.52. The van der Waals surface area contributed by atoms with Crippen LogP contribution in [0.3, 0.4) is 0 Å². The molecule has 0 aliphatic carbocycles. The molecule has 1 unspecified atom stereocenters. The molecule has 1 heterocycles. The van der Waals surface area contributed by atoms with Crippen LogP contribution < -0.4 is 10.6 Å². The SMILES string of the molecule is CN=C(NCCc1ccccc1Cl)NCC(c1ccco1)N(C)C.I. The van der Waals surface area contributed by atoms with Crippen molar-refractivity contribution in [1.29, 1.82) is 0 Å². The molecule has 2 N–H and O–H groups in total. The number of hydrogen-bond acceptors (Lipinski definition) is 3. The molecule has 0 bridgehead atoms. The Labute approximate surface area is 171 Å². The average molecular weight is 477 g/mol. The minimum Gasteiger partial charge on any atom is -0.468 e. The second kappa shape index (κ2) is 11.4. The molecule has 0 fully saturated rings. The zero-order chi connectivity index (χ0) is 17.4. The fourth-order valence-corrected chi connectivity index (χ4v) is 2.68. The molecule has 25 heavy (non-hydrogen) atoms. The van der Waals surface area contributed by atoms with Gasteiger partial charge in [0.25, 0.3) is 0 Å². The number of guanidine groups is 1. The molecule has 0 radical (unpaired) electrons. The number of benzene rings is 1. The van der Waals surface area contributed by atoms with E-state index in [-0.39, 0.29) is 30.0 Å². The average Bonchev–Trinajstić information content (AvgIpc) is 3.09. The fraction of sp³-hybridized carbons (Fsp3) is 0.389. The van der Waals surface area contributed by atoms with Crippen molar-refractivity contribution in [3.05, 3.63) is 59.0 Å². The van der Waals surface area contributed by atoms with Gasteiger partial charge >= 0.3 is 0 Å². The van der Waals surface area contributed by atoms with Crippen molar-refractivity contribution in [2.24, 2.45) is 4.99 Å². The van der Waals surface area contributed by atoms with Crippen molar-refractivity contribution in [2.75, 3.05) is 34.2 Å². The normalized spacial score (nSPS) is 12.6. The topological polar surface area (TPSA) is 52.8 Å². The van der Waals surface area contributed by atoms with Crippen LogP contribution in [-0.2, 0) is 6.42 Å². The van der Waals surface area contributed by atoms with E-state index in [4.69, 9.17) is 16.0 Å². The number of hydrogen-bond donors (Lipinski definition) is 2. The molecule has 138 valence electrons. The van der Waals surface area contributed by atoms with Crippen molar-refractivity contribution in [2.45, 2.75) is 12.5 Å². The molecule has 0 saturated carbocycles. The Kier molecular flexibility index (Phi) is 9.92. The van der Waals surface area contributed by atoms with Gasteiger partial charge in [-0.15, -0.1) is 24.0 Å². The summed E-state index contributed by atoms with van der Waals surface area (Å²) in [6, 6.07) is 11.9. The van der Waals surface area contributed by atoms with Gasteiger partial charge < -0.3 is 15.1 Å². The number of nitrogens with zero attached hydrogens (tertiary/aromatic N) is 2. The van der Waals surface area contributed by atoms with Crippen LogP contribution in [0.25, 0.3) is 0 Å². The first-order valence-corrected chi connectivity index (χ1v) is 8.37. The molecule has 5 nitrogen and oxygen atoms in total. The molecule has 0 aliphatic rings. The van der Waals surface area contributed by atoms with Crippen molar-refractivity contribution in [3.63, 3.8) is 0 Å². The lowest BCUT2D eigenvalue weighted by Gasteiger charge is -2.23. The highest BCUT2D eigenvalue weighted by Gasteiger charge is 2.17. The summed E-state index contributed by atoms with van der Waals surface area (Å²) in [6.07, 6.45) is 2.54. The van der Waals surface area contributed by atoms with E-state index in [1.807, 2.05) is 50.5 Å². The first-order chi connectivity index (χ1) is 11.6. The van der Waals surface area contributed by atoms with E-state index in [0.29, 0.717) is 6.54 Å². The van der Waals surface area contributed by atoms with Gasteiger partial charge in [0.1, 0.15) is 5.76 Å². The molecule has 0 amide bonds. The van der Waals surface area contributed by atoms with Crippen LogP contribution in [0, 0.1) is 0 Å². The van der Waals surface area contributed by atoms with Gasteiger partial charge in [0, 0.05) is 25.2 Å². The maximum atomic E-state index is 6.18. The third-order valence-electron chi connectivity index (χ3n) is 3.83. The van der Waals surface area contributed by atoms with Gasteiger partial charge in [0.15, 0.2) is 5.96 Å². The van der Waals surface area contributed by atoms with E-state index in [2.05, 4.69) is 20.5 Å². The predicted octanol–water partition coefficient (Wildman–Crippen LogP) is 3.56. The fourth-order valence-electron chi connectivity index (χ4n) is 2.45. The lowest BCUT2D eigenvalue weighted by molar-refractivity contribution is 0.258. The Morgan fingerprint density at radius 2 is 1.96 bits per heavy atom. The van der Waals surface area contributed by atoms with Crippen LogP contribution in [-0.4, -0.2) is 45.1 Å². The van der Waals surface area contributed by atoms with Crippen molar-refractivity contribution in [3.8, 4) is 0 Å². The van der Waals surface area contributed by atoms with Crippen molar-refractivity contribution >= 4 is 41.5 Å². The molecular weight excluding hydrogens is 451 g/mol. The molecule has 2 rings (SSSR count). The second-order valence-electron chi connectivity index (χ2n) is 5.72. The van der Waals surface area contributed by atoms with Crippen LogP contribution in [0.5, 0.6) is 0 Å². The highest BCUT2D eigenvalue weighted by molar-refractivity contribution is 14.0. The first-order valence-electron chi connectivity index (χ1n) is 7.99. The summed E-state index contributed by atoms with van der Waals surface area (Å²) in [5, 5.41) is 7.46. The Bertz CT molecular complexity index is 646. The van der Waals surface area contributed by atoms with Gasteiger partial charge in [-0.05, 0) is 44.3 Å². The van der Waals surface area contributed by atoms with Gasteiger partial charge in [-0.3, -0.25) is 9.89 Å². The van der Waals surface area contributed by atoms with Crippen LogP contribution in [0.2, 0.25) is 5.02 Å². The standard InChI is InChI=1S/C18H25ClN4O.HI/c1-20-18(21-11-10-14-7-4-5-8-15(14)19)22-13-16(23(2)3)17-9-6-12-24-17;/h4-9,12,16H,10-11,13H2,1-3H3,(H2,20,21,22);1H. The molecule has 0 saturated heterocycles. The number of aliphatic imine (C=N–C) groups is 1. The Morgan fingerprint density at radius 1 is 1.20 bits per heavy atom. The van der Waals surface area contributed by atoms with Crippen molar-refractivity contribution in [1.82, 2.24) is 15.5 Å². The van der Waals surface area contributed by atoms with E-state index < -0.39 is 0 Å². The second-order valence-corrected chi connectivity index (χ2v) is 6.12. The van der Waals surface area contributed by atoms with Crippen molar-refractivity contribution < 1.29 is 4.42 Å². The molecule has 1 atom stereocenters. The summed E-state index contributed by atoms with van der Waals surface area (Å²) in [4.78, 5) is 6.38. The van der Waals surface area contributed by atoms with Crippen LogP contribution >= 0.6 is 35.6 Å². The third-order valence-corrected chi connectivity index (χ3v) is 4.19. The van der Waals surface area contributed by atoms with E-state index in [1.54, 1.807) is 13.3 Å². The van der Waals surface area contributed by atoms with Crippen LogP contribution in [0.1, 0.15) is 17.4 Å². The number of furan rings is 1. The maximum absolute atomic E-state index is 6.18. The lowest BCUT2D eigenvalue weighted by atomic mass is 10.1. The minimum atomic E-state index is 0. The number of nitrogens with one attached hydrogen (secondary N) is 2. The quantitative estimate of drug-likeness (QED) is 0.364. The van der Waals surface area contributed by atoms with Gasteiger partial charge in [-0.1, -0.05) is 29.8 Å². The number of likely N-dealkylation sites (N-methyl/N-ethyl adjacent to an activating group) is 1. The molecule has 7 heteroatoms. The summed E-state index contributed by atoms with van der Waals surface area (Å²) in [6.45, 7) is 1.46. The highest BCUT2D eigenvalue weighted by atomic mass is 127. The predicted molar refractivity (Wildman–Crippen MR) is 115 cm³/mol. The monoisotopic (exact) mass is 476 g/mol. The molecule has 1 aromatic carbocycles. The molecule has 1 aromatic heterocycles. The molecule has 0 aliphatic heterocycles. The summed E-state index contributed by atoms with van der Waals surface area (Å²) in [5.74, 6) is 1.69. The maximum Gasteiger partial charge on any atom is 0.191 e. The Hall–Kier alpha value is -1.25. The zero-order valence-corrected chi connectivity index (χ0v) is 17.9. The van der Waals surface area contributed by atoms with Gasteiger partial charge in [-0.2, -0.15) is 0 Å². The summed E-state index contributed by atoms with van der Waals surface area (Å²) in [7, 11) is 5.83. The minimum absolute atomic E-state index is 0. The Balaban J connectivity index is 0.00000312. The largest absolute Gasteiger partial charge is 0.468 e. The number of halogens is 2. The smallest absolute Gasteiger partial charge is 0.191 e. The van der Waals surface area contributed by atoms with E-state index in [9.17, 15) is 0 Å². The zero-order valence-electron chi connectivity index (χ0n) is 14.8. The number of rotatable bonds is 7. The summed E-state index contributed by atoms with van der Waals surface area (Å²) in [5.41, 5.74) is 1.13. The van der Waals surface area contributed by atoms with Gasteiger partial charge in [0.05, 0.1) is 12.3 Å². The molecular formula is C18H26ClIN4O. The van der Waals surface area contributed by atoms with E-state index in [0.717, 1.165) is 35.3 Å². The lowest BCUT2D eigenvalue weighted by Crippen LogP contribution is -2.42. The molecule has 2 aromatic rings. The highest BCUT2D eigenvalue weighted by Crippen LogP contribution is 2.17. The summed E-state index contributed by atoms with van der Waals surface area (Å²) >= 11 is 6.18. The van der Waals surface area contributed by atoms with E-state index in [1.165, 1.54) is 0 Å². The van der Waals surface area contributed by atoms with E-state index >= 15 is 0 Å². The van der Waals surface area contributed by atoms with Gasteiger partial charge in [-0.25, -0.2) is 0 Å². The Morgan fingerprint density at radius 3 is 2.56 bits per heavy atom. The van der Waals surface area contributed by atoms with Crippen LogP contribution in [0.15, 0.2) is 52.1 Å².